The van der Waals surface area contributed by atoms with E-state index in [1.165, 1.54) is 31.2 Å². The lowest BCUT2D eigenvalue weighted by atomic mass is 9.79. The van der Waals surface area contributed by atoms with Gasteiger partial charge in [-0.25, -0.2) is 0 Å². The summed E-state index contributed by atoms with van der Waals surface area (Å²) in [5, 5.41) is 3.75. The van der Waals surface area contributed by atoms with Crippen molar-refractivity contribution in [2.75, 3.05) is 5.75 Å². The van der Waals surface area contributed by atoms with Crippen molar-refractivity contribution in [1.29, 1.82) is 0 Å². The van der Waals surface area contributed by atoms with Gasteiger partial charge in [-0.3, -0.25) is 4.21 Å². The minimum Gasteiger partial charge on any atom is -0.311 e. The van der Waals surface area contributed by atoms with Crippen molar-refractivity contribution in [3.05, 3.63) is 35.9 Å². The number of rotatable bonds is 5. The SMILES string of the molecule is CC.CC(C)(C)[S@](=O)C[C@H](Cc1ccccc1)C1C[C@H]2CC[C@@H](C1)N2. The third kappa shape index (κ3) is 5.92. The lowest BCUT2D eigenvalue weighted by Crippen LogP contribution is -2.42. The van der Waals surface area contributed by atoms with Gasteiger partial charge in [0.25, 0.3) is 0 Å². The normalized spacial score (nSPS) is 28.0. The van der Waals surface area contributed by atoms with Crippen LogP contribution in [0.25, 0.3) is 0 Å². The van der Waals surface area contributed by atoms with Crippen LogP contribution < -0.4 is 5.32 Å². The molecule has 2 bridgehead atoms. The van der Waals surface area contributed by atoms with E-state index in [-0.39, 0.29) is 4.75 Å². The monoisotopic (exact) mass is 363 g/mol. The van der Waals surface area contributed by atoms with Gasteiger partial charge in [0.05, 0.1) is 0 Å². The zero-order chi connectivity index (χ0) is 18.4. The smallest absolute Gasteiger partial charge is 0.0375 e. The van der Waals surface area contributed by atoms with Crippen molar-refractivity contribution in [3.63, 3.8) is 0 Å². The fourth-order valence-electron chi connectivity index (χ4n) is 4.21. The topological polar surface area (TPSA) is 29.1 Å². The predicted molar refractivity (Wildman–Crippen MR) is 110 cm³/mol. The fraction of sp³-hybridized carbons (Fsp3) is 0.727. The van der Waals surface area contributed by atoms with E-state index in [2.05, 4.69) is 56.4 Å². The van der Waals surface area contributed by atoms with Crippen LogP contribution in [0.5, 0.6) is 0 Å². The maximum absolute atomic E-state index is 12.8. The largest absolute Gasteiger partial charge is 0.311 e. The average Bonchev–Trinajstić information content (AvgIpc) is 2.94. The molecule has 2 heterocycles. The number of nitrogens with one attached hydrogen (secondary N) is 1. The van der Waals surface area contributed by atoms with Gasteiger partial charge in [-0.1, -0.05) is 44.2 Å². The lowest BCUT2D eigenvalue weighted by Gasteiger charge is -2.36. The molecule has 1 N–H and O–H groups in total. The molecule has 0 spiro atoms. The number of hydrogen-bond donors (Lipinski definition) is 1. The molecule has 2 fully saturated rings. The Balaban J connectivity index is 0.00000109. The van der Waals surface area contributed by atoms with Crippen LogP contribution in [-0.4, -0.2) is 26.8 Å². The van der Waals surface area contributed by atoms with E-state index in [0.29, 0.717) is 18.0 Å². The summed E-state index contributed by atoms with van der Waals surface area (Å²) in [6, 6.07) is 12.2. The Hall–Kier alpha value is -0.670. The Bertz CT molecular complexity index is 525. The van der Waals surface area contributed by atoms with Crippen molar-refractivity contribution >= 4 is 10.8 Å². The average molecular weight is 364 g/mol. The molecule has 0 aromatic heterocycles. The molecule has 3 rings (SSSR count). The highest BCUT2D eigenvalue weighted by Gasteiger charge is 2.38. The Kier molecular flexibility index (Phi) is 7.69. The van der Waals surface area contributed by atoms with Gasteiger partial charge in [0.15, 0.2) is 0 Å². The predicted octanol–water partition coefficient (Wildman–Crippen LogP) is 4.95. The van der Waals surface area contributed by atoms with E-state index in [1.54, 1.807) is 0 Å². The number of benzene rings is 1. The molecule has 25 heavy (non-hydrogen) atoms. The molecule has 3 heteroatoms. The van der Waals surface area contributed by atoms with E-state index >= 15 is 0 Å². The van der Waals surface area contributed by atoms with E-state index in [1.807, 2.05) is 13.8 Å². The third-order valence-corrected chi connectivity index (χ3v) is 7.66. The molecule has 2 aliphatic rings. The van der Waals surface area contributed by atoms with Crippen LogP contribution in [0.3, 0.4) is 0 Å². The van der Waals surface area contributed by atoms with Crippen LogP contribution in [0.15, 0.2) is 30.3 Å². The summed E-state index contributed by atoms with van der Waals surface area (Å²) in [6.07, 6.45) is 6.29. The molecule has 142 valence electrons. The van der Waals surface area contributed by atoms with Gasteiger partial charge < -0.3 is 5.32 Å². The highest BCUT2D eigenvalue weighted by Crippen LogP contribution is 2.37. The van der Waals surface area contributed by atoms with Crippen molar-refractivity contribution in [1.82, 2.24) is 5.32 Å². The minimum atomic E-state index is -0.765. The third-order valence-electron chi connectivity index (χ3n) is 5.57. The maximum atomic E-state index is 12.8. The first-order valence-corrected chi connectivity index (χ1v) is 11.4. The maximum Gasteiger partial charge on any atom is 0.0375 e. The summed E-state index contributed by atoms with van der Waals surface area (Å²) in [4.78, 5) is 0. The molecule has 0 amide bonds. The van der Waals surface area contributed by atoms with Crippen LogP contribution in [0, 0.1) is 11.8 Å². The van der Waals surface area contributed by atoms with Crippen LogP contribution in [0.4, 0.5) is 0 Å². The standard InChI is InChI=1S/C20H31NOS.C2H6/c1-20(2,3)23(22)14-17(11-15-7-5-4-6-8-15)16-12-18-9-10-19(13-16)21-18;1-2/h4-8,16-19,21H,9-14H2,1-3H3;1-2H3/t16?,17-,18-,19+,23+;/m0./s1. The number of hydrogen-bond acceptors (Lipinski definition) is 2. The first kappa shape index (κ1) is 20.6. The second kappa shape index (κ2) is 9.32. The van der Waals surface area contributed by atoms with Crippen molar-refractivity contribution in [2.45, 2.75) is 83.6 Å². The second-order valence-corrected chi connectivity index (χ2v) is 10.7. The fourth-order valence-corrected chi connectivity index (χ4v) is 5.49. The van der Waals surface area contributed by atoms with Crippen molar-refractivity contribution < 1.29 is 4.21 Å². The van der Waals surface area contributed by atoms with Crippen molar-refractivity contribution in [3.8, 4) is 0 Å². The molecule has 1 aromatic carbocycles. The molecule has 0 aliphatic carbocycles. The minimum absolute atomic E-state index is 0.110. The zero-order valence-electron chi connectivity index (χ0n) is 16.8. The van der Waals surface area contributed by atoms with Crippen molar-refractivity contribution in [2.24, 2.45) is 11.8 Å². The van der Waals surface area contributed by atoms with Crippen LogP contribution in [0.1, 0.15) is 65.9 Å². The van der Waals surface area contributed by atoms with Crippen LogP contribution >= 0.6 is 0 Å². The van der Waals surface area contributed by atoms with E-state index in [0.717, 1.165) is 18.1 Å². The van der Waals surface area contributed by atoms with Crippen LogP contribution in [-0.2, 0) is 17.2 Å². The van der Waals surface area contributed by atoms with Gasteiger partial charge in [-0.15, -0.1) is 0 Å². The summed E-state index contributed by atoms with van der Waals surface area (Å²) in [6.45, 7) is 10.3. The van der Waals surface area contributed by atoms with Crippen LogP contribution in [0.2, 0.25) is 0 Å². The Morgan fingerprint density at radius 1 is 1.08 bits per heavy atom. The Morgan fingerprint density at radius 2 is 1.64 bits per heavy atom. The summed E-state index contributed by atoms with van der Waals surface area (Å²) in [7, 11) is -0.765. The number of piperidine rings is 1. The van der Waals surface area contributed by atoms with Gasteiger partial charge in [-0.2, -0.15) is 0 Å². The second-order valence-electron chi connectivity index (χ2n) is 8.44. The molecule has 2 nitrogen and oxygen atoms in total. The van der Waals surface area contributed by atoms with Gasteiger partial charge in [0.2, 0.25) is 0 Å². The molecular formula is C22H37NOS. The molecular weight excluding hydrogens is 326 g/mol. The quantitative estimate of drug-likeness (QED) is 0.802. The molecule has 5 atom stereocenters. The zero-order valence-corrected chi connectivity index (χ0v) is 17.6. The first-order valence-electron chi connectivity index (χ1n) is 10.1. The summed E-state index contributed by atoms with van der Waals surface area (Å²) < 4.78 is 12.7. The Labute approximate surface area is 157 Å². The summed E-state index contributed by atoms with van der Waals surface area (Å²) in [5.74, 6) is 2.12. The van der Waals surface area contributed by atoms with Gasteiger partial charge >= 0.3 is 0 Å². The molecule has 1 aromatic rings. The van der Waals surface area contributed by atoms with Gasteiger partial charge in [-0.05, 0) is 70.3 Å². The molecule has 0 saturated carbocycles. The van der Waals surface area contributed by atoms with Gasteiger partial charge in [0, 0.05) is 33.4 Å². The van der Waals surface area contributed by atoms with E-state index < -0.39 is 10.8 Å². The first-order chi connectivity index (χ1) is 11.9. The van der Waals surface area contributed by atoms with E-state index in [9.17, 15) is 4.21 Å². The number of fused-ring (bicyclic) bond motifs is 2. The summed E-state index contributed by atoms with van der Waals surface area (Å²) >= 11 is 0. The highest BCUT2D eigenvalue weighted by molar-refractivity contribution is 7.86. The summed E-state index contributed by atoms with van der Waals surface area (Å²) in [5.41, 5.74) is 1.40. The molecule has 2 saturated heterocycles. The molecule has 1 unspecified atom stereocenters. The van der Waals surface area contributed by atoms with E-state index in [4.69, 9.17) is 0 Å². The molecule has 2 aliphatic heterocycles. The molecule has 0 radical (unpaired) electrons. The lowest BCUT2D eigenvalue weighted by molar-refractivity contribution is 0.229. The Morgan fingerprint density at radius 3 is 2.16 bits per heavy atom. The van der Waals surface area contributed by atoms with Gasteiger partial charge in [0.1, 0.15) is 0 Å². The highest BCUT2D eigenvalue weighted by atomic mass is 32.2.